The lowest BCUT2D eigenvalue weighted by atomic mass is 9.96. The van der Waals surface area contributed by atoms with Gasteiger partial charge in [0, 0.05) is 11.1 Å². The van der Waals surface area contributed by atoms with Crippen molar-refractivity contribution in [2.75, 3.05) is 0 Å². The predicted molar refractivity (Wildman–Crippen MR) is 98.9 cm³/mol. The van der Waals surface area contributed by atoms with E-state index in [0.29, 0.717) is 11.1 Å². The van der Waals surface area contributed by atoms with E-state index >= 15 is 0 Å². The third-order valence-electron chi connectivity index (χ3n) is 3.46. The Labute approximate surface area is 149 Å². The zero-order valence-corrected chi connectivity index (χ0v) is 15.4. The van der Waals surface area contributed by atoms with Crippen molar-refractivity contribution in [1.82, 2.24) is 0 Å². The molecule has 2 aromatic carbocycles. The lowest BCUT2D eigenvalue weighted by molar-refractivity contribution is 0.0487. The van der Waals surface area contributed by atoms with Crippen molar-refractivity contribution in [3.05, 3.63) is 71.3 Å². The van der Waals surface area contributed by atoms with Gasteiger partial charge in [0.15, 0.2) is 11.6 Å². The van der Waals surface area contributed by atoms with Crippen LogP contribution in [0.25, 0.3) is 0 Å². The van der Waals surface area contributed by atoms with Gasteiger partial charge in [0.2, 0.25) is 0 Å². The van der Waals surface area contributed by atoms with E-state index in [1.807, 2.05) is 25.1 Å². The number of aryl methyl sites for hydroxylation is 1. The second kappa shape index (κ2) is 8.19. The summed E-state index contributed by atoms with van der Waals surface area (Å²) in [5, 5.41) is 18.8. The van der Waals surface area contributed by atoms with Crippen LogP contribution < -0.4 is 0 Å². The van der Waals surface area contributed by atoms with Gasteiger partial charge in [0.25, 0.3) is 0 Å². The fraction of sp³-hybridized carbons (Fsp3) is 0.333. The van der Waals surface area contributed by atoms with Crippen molar-refractivity contribution in [2.45, 2.75) is 45.8 Å². The van der Waals surface area contributed by atoms with Crippen molar-refractivity contribution in [3.63, 3.8) is 0 Å². The van der Waals surface area contributed by atoms with Crippen molar-refractivity contribution in [3.8, 4) is 0 Å². The summed E-state index contributed by atoms with van der Waals surface area (Å²) in [5.41, 5.74) is -0.355. The molecule has 25 heavy (non-hydrogen) atoms. The highest BCUT2D eigenvalue weighted by molar-refractivity contribution is 6.02. The van der Waals surface area contributed by atoms with Crippen LogP contribution in [-0.4, -0.2) is 33.0 Å². The molecule has 0 heterocycles. The topological polar surface area (TPSA) is 74.6 Å². The molecular formula is C21H26O4. The van der Waals surface area contributed by atoms with E-state index in [4.69, 9.17) is 0 Å². The molecule has 0 fully saturated rings. The van der Waals surface area contributed by atoms with Crippen molar-refractivity contribution >= 4 is 11.6 Å². The summed E-state index contributed by atoms with van der Waals surface area (Å²) in [7, 11) is 0. The van der Waals surface area contributed by atoms with Gasteiger partial charge in [-0.15, -0.1) is 0 Å². The van der Waals surface area contributed by atoms with Gasteiger partial charge < -0.3 is 10.2 Å². The second-order valence-corrected chi connectivity index (χ2v) is 7.01. The number of aliphatic hydroxyl groups is 2. The Balaban J connectivity index is 0.000000251. The Morgan fingerprint density at radius 2 is 1.04 bits per heavy atom. The molecule has 0 aliphatic heterocycles. The quantitative estimate of drug-likeness (QED) is 0.833. The largest absolute Gasteiger partial charge is 0.382 e. The first-order valence-electron chi connectivity index (χ1n) is 8.09. The molecular weight excluding hydrogens is 316 g/mol. The van der Waals surface area contributed by atoms with E-state index in [-0.39, 0.29) is 11.6 Å². The molecule has 2 N–H and O–H groups in total. The molecule has 0 unspecified atom stereocenters. The minimum absolute atomic E-state index is 0.243. The molecule has 0 aromatic heterocycles. The summed E-state index contributed by atoms with van der Waals surface area (Å²) in [6, 6.07) is 16.0. The Hall–Kier alpha value is -2.30. The van der Waals surface area contributed by atoms with Crippen LogP contribution in [0, 0.1) is 6.92 Å². The number of hydrogen-bond acceptors (Lipinski definition) is 4. The van der Waals surface area contributed by atoms with Crippen LogP contribution in [0.2, 0.25) is 0 Å². The first-order chi connectivity index (χ1) is 11.4. The monoisotopic (exact) mass is 342 g/mol. The van der Waals surface area contributed by atoms with Crippen LogP contribution in [-0.2, 0) is 0 Å². The first kappa shape index (κ1) is 20.7. The average molecular weight is 342 g/mol. The molecule has 0 amide bonds. The Morgan fingerprint density at radius 3 is 1.40 bits per heavy atom. The SMILES string of the molecule is CC(C)(O)C(=O)c1ccccc1.Cc1ccc(C(=O)C(C)(C)O)cc1. The lowest BCUT2D eigenvalue weighted by Gasteiger charge is -2.15. The molecule has 2 aromatic rings. The molecule has 0 saturated carbocycles. The Bertz CT molecular complexity index is 702. The summed E-state index contributed by atoms with van der Waals surface area (Å²) in [5.74, 6) is -0.490. The molecule has 0 spiro atoms. The van der Waals surface area contributed by atoms with Crippen LogP contribution in [0.1, 0.15) is 54.0 Å². The fourth-order valence-electron chi connectivity index (χ4n) is 2.00. The Morgan fingerprint density at radius 1 is 0.680 bits per heavy atom. The molecule has 134 valence electrons. The number of hydrogen-bond donors (Lipinski definition) is 2. The molecule has 4 heteroatoms. The van der Waals surface area contributed by atoms with Gasteiger partial charge in [-0.05, 0) is 34.6 Å². The zero-order valence-electron chi connectivity index (χ0n) is 15.4. The maximum atomic E-state index is 11.5. The van der Waals surface area contributed by atoms with E-state index in [2.05, 4.69) is 0 Å². The maximum Gasteiger partial charge on any atom is 0.193 e. The van der Waals surface area contributed by atoms with E-state index in [0.717, 1.165) is 5.56 Å². The van der Waals surface area contributed by atoms with Crippen molar-refractivity contribution in [2.24, 2.45) is 0 Å². The number of Topliss-reactive ketones (excluding diaryl/α,β-unsaturated/α-hetero) is 2. The number of carbonyl (C=O) groups is 2. The third-order valence-corrected chi connectivity index (χ3v) is 3.46. The normalized spacial score (nSPS) is 11.3. The summed E-state index contributed by atoms with van der Waals surface area (Å²) in [6.07, 6.45) is 0. The summed E-state index contributed by atoms with van der Waals surface area (Å²) in [4.78, 5) is 22.9. The molecule has 0 bridgehead atoms. The number of ketones is 2. The smallest absolute Gasteiger partial charge is 0.193 e. The number of rotatable bonds is 4. The summed E-state index contributed by atoms with van der Waals surface area (Å²) < 4.78 is 0. The van der Waals surface area contributed by atoms with E-state index in [1.165, 1.54) is 27.7 Å². The minimum Gasteiger partial charge on any atom is -0.382 e. The predicted octanol–water partition coefficient (Wildman–Crippen LogP) is 3.59. The van der Waals surface area contributed by atoms with E-state index < -0.39 is 11.2 Å². The summed E-state index contributed by atoms with van der Waals surface area (Å²) >= 11 is 0. The Kier molecular flexibility index (Phi) is 6.79. The lowest BCUT2D eigenvalue weighted by Crippen LogP contribution is -2.30. The molecule has 0 atom stereocenters. The fourth-order valence-corrected chi connectivity index (χ4v) is 2.00. The van der Waals surface area contributed by atoms with Crippen LogP contribution in [0.3, 0.4) is 0 Å². The average Bonchev–Trinajstić information content (AvgIpc) is 2.54. The van der Waals surface area contributed by atoms with Crippen LogP contribution in [0.4, 0.5) is 0 Å². The summed E-state index contributed by atoms with van der Waals surface area (Å²) in [6.45, 7) is 7.92. The number of benzene rings is 2. The maximum absolute atomic E-state index is 11.5. The van der Waals surface area contributed by atoms with Gasteiger partial charge in [-0.2, -0.15) is 0 Å². The molecule has 0 aliphatic rings. The molecule has 2 rings (SSSR count). The molecule has 0 radical (unpaired) electrons. The first-order valence-corrected chi connectivity index (χ1v) is 8.09. The highest BCUT2D eigenvalue weighted by atomic mass is 16.3. The number of carbonyl (C=O) groups excluding carboxylic acids is 2. The molecule has 0 aliphatic carbocycles. The van der Waals surface area contributed by atoms with Gasteiger partial charge in [0.1, 0.15) is 11.2 Å². The van der Waals surface area contributed by atoms with Crippen molar-refractivity contribution in [1.29, 1.82) is 0 Å². The second-order valence-electron chi connectivity index (χ2n) is 7.01. The zero-order chi connectivity index (χ0) is 19.3. The van der Waals surface area contributed by atoms with Gasteiger partial charge in [-0.1, -0.05) is 60.2 Å². The van der Waals surface area contributed by atoms with Crippen LogP contribution in [0.15, 0.2) is 54.6 Å². The third kappa shape index (κ3) is 6.61. The van der Waals surface area contributed by atoms with Gasteiger partial charge >= 0.3 is 0 Å². The van der Waals surface area contributed by atoms with Gasteiger partial charge in [0.05, 0.1) is 0 Å². The van der Waals surface area contributed by atoms with Gasteiger partial charge in [-0.3, -0.25) is 9.59 Å². The van der Waals surface area contributed by atoms with Crippen molar-refractivity contribution < 1.29 is 19.8 Å². The van der Waals surface area contributed by atoms with Gasteiger partial charge in [-0.25, -0.2) is 0 Å². The standard InChI is InChI=1S/C11H14O2.C10H12O2/c1-8-4-6-9(7-5-8)10(12)11(2,3)13;1-10(2,12)9(11)8-6-4-3-5-7-8/h4-7,13H,1-3H3;3-7,12H,1-2H3. The van der Waals surface area contributed by atoms with E-state index in [9.17, 15) is 19.8 Å². The van der Waals surface area contributed by atoms with Crippen LogP contribution >= 0.6 is 0 Å². The highest BCUT2D eigenvalue weighted by Crippen LogP contribution is 2.13. The van der Waals surface area contributed by atoms with E-state index in [1.54, 1.807) is 36.4 Å². The molecule has 4 nitrogen and oxygen atoms in total. The molecule has 0 saturated heterocycles. The highest BCUT2D eigenvalue weighted by Gasteiger charge is 2.25. The van der Waals surface area contributed by atoms with Crippen LogP contribution in [0.5, 0.6) is 0 Å². The minimum atomic E-state index is -1.28.